The second-order valence-corrected chi connectivity index (χ2v) is 6.52. The first kappa shape index (κ1) is 14.3. The molecule has 0 N–H and O–H groups in total. The molecule has 3 heteroatoms. The number of urea groups is 1. The first-order valence-electron chi connectivity index (χ1n) is 8.51. The molecular weight excluding hydrogens is 284 g/mol. The van der Waals surface area contributed by atoms with E-state index in [0.717, 1.165) is 24.9 Å². The summed E-state index contributed by atoms with van der Waals surface area (Å²) in [5, 5.41) is 0. The van der Waals surface area contributed by atoms with Crippen LogP contribution in [0.2, 0.25) is 0 Å². The Hall–Kier alpha value is -2.29. The van der Waals surface area contributed by atoms with Gasteiger partial charge in [-0.05, 0) is 30.0 Å². The zero-order valence-electron chi connectivity index (χ0n) is 13.5. The fourth-order valence-corrected chi connectivity index (χ4v) is 4.06. The maximum Gasteiger partial charge on any atom is 0.325 e. The highest BCUT2D eigenvalue weighted by Crippen LogP contribution is 2.41. The molecule has 1 saturated heterocycles. The van der Waals surface area contributed by atoms with Crippen molar-refractivity contribution in [2.75, 3.05) is 4.90 Å². The summed E-state index contributed by atoms with van der Waals surface area (Å²) >= 11 is 0. The standard InChI is InChI=1S/C20H22N2O/c1-2-8-18-19-13-16-11-6-7-12-17(16)22(19)20(23)21(18)14-15-9-4-3-5-10-15/h3-7,9-12,18-19H,2,8,13-14H2,1H3. The highest BCUT2D eigenvalue weighted by atomic mass is 16.2. The van der Waals surface area contributed by atoms with E-state index in [2.05, 4.69) is 42.2 Å². The van der Waals surface area contributed by atoms with Gasteiger partial charge in [-0.15, -0.1) is 0 Å². The number of rotatable bonds is 4. The summed E-state index contributed by atoms with van der Waals surface area (Å²) in [5.41, 5.74) is 3.63. The zero-order valence-corrected chi connectivity index (χ0v) is 13.5. The third-order valence-electron chi connectivity index (χ3n) is 5.09. The maximum atomic E-state index is 13.1. The van der Waals surface area contributed by atoms with Gasteiger partial charge in [-0.1, -0.05) is 61.9 Å². The number of nitrogens with zero attached hydrogens (tertiary/aromatic N) is 2. The molecule has 0 radical (unpaired) electrons. The van der Waals surface area contributed by atoms with Crippen molar-refractivity contribution in [3.8, 4) is 0 Å². The van der Waals surface area contributed by atoms with E-state index in [1.165, 1.54) is 11.1 Å². The molecule has 0 saturated carbocycles. The predicted octanol–water partition coefficient (Wildman–Crippen LogP) is 4.22. The van der Waals surface area contributed by atoms with Crippen LogP contribution in [0, 0.1) is 0 Å². The van der Waals surface area contributed by atoms with Crippen molar-refractivity contribution in [3.63, 3.8) is 0 Å². The zero-order chi connectivity index (χ0) is 15.8. The summed E-state index contributed by atoms with van der Waals surface area (Å²) in [7, 11) is 0. The molecule has 3 nitrogen and oxygen atoms in total. The number of hydrogen-bond acceptors (Lipinski definition) is 1. The Morgan fingerprint density at radius 3 is 2.57 bits per heavy atom. The van der Waals surface area contributed by atoms with Gasteiger partial charge in [0, 0.05) is 12.2 Å². The second-order valence-electron chi connectivity index (χ2n) is 6.52. The molecule has 118 valence electrons. The van der Waals surface area contributed by atoms with Crippen LogP contribution in [0.5, 0.6) is 0 Å². The average molecular weight is 306 g/mol. The van der Waals surface area contributed by atoms with Crippen molar-refractivity contribution in [3.05, 3.63) is 65.7 Å². The number of hydrogen-bond donors (Lipinski definition) is 0. The number of anilines is 1. The van der Waals surface area contributed by atoms with Crippen molar-refractivity contribution >= 4 is 11.7 Å². The molecule has 4 rings (SSSR count). The van der Waals surface area contributed by atoms with Gasteiger partial charge >= 0.3 is 6.03 Å². The van der Waals surface area contributed by atoms with Gasteiger partial charge < -0.3 is 4.90 Å². The van der Waals surface area contributed by atoms with Crippen LogP contribution in [-0.2, 0) is 13.0 Å². The molecule has 2 amide bonds. The van der Waals surface area contributed by atoms with Crippen molar-refractivity contribution in [2.24, 2.45) is 0 Å². The van der Waals surface area contributed by atoms with E-state index in [9.17, 15) is 4.79 Å². The largest absolute Gasteiger partial charge is 0.325 e. The summed E-state index contributed by atoms with van der Waals surface area (Å²) in [5.74, 6) is 0. The van der Waals surface area contributed by atoms with Gasteiger partial charge in [0.1, 0.15) is 0 Å². The first-order valence-corrected chi connectivity index (χ1v) is 8.51. The van der Waals surface area contributed by atoms with Gasteiger partial charge in [-0.2, -0.15) is 0 Å². The molecular formula is C20H22N2O. The Bertz CT molecular complexity index is 713. The van der Waals surface area contributed by atoms with Crippen molar-refractivity contribution < 1.29 is 4.79 Å². The Kier molecular flexibility index (Phi) is 3.56. The van der Waals surface area contributed by atoms with E-state index >= 15 is 0 Å². The summed E-state index contributed by atoms with van der Waals surface area (Å²) < 4.78 is 0. The molecule has 1 fully saturated rings. The summed E-state index contributed by atoms with van der Waals surface area (Å²) in [4.78, 5) is 17.2. The molecule has 23 heavy (non-hydrogen) atoms. The van der Waals surface area contributed by atoms with Crippen LogP contribution in [-0.4, -0.2) is 23.0 Å². The lowest BCUT2D eigenvalue weighted by molar-refractivity contribution is 0.194. The normalized spacial score (nSPS) is 22.4. The van der Waals surface area contributed by atoms with Crippen molar-refractivity contribution in [2.45, 2.75) is 44.8 Å². The fraction of sp³-hybridized carbons (Fsp3) is 0.350. The molecule has 2 heterocycles. The summed E-state index contributed by atoms with van der Waals surface area (Å²) in [6.07, 6.45) is 3.15. The number of carbonyl (C=O) groups is 1. The van der Waals surface area contributed by atoms with E-state index < -0.39 is 0 Å². The molecule has 2 aromatic rings. The minimum absolute atomic E-state index is 0.169. The highest BCUT2D eigenvalue weighted by molar-refractivity contribution is 5.98. The molecule has 2 unspecified atom stereocenters. The molecule has 0 aliphatic carbocycles. The van der Waals surface area contributed by atoms with E-state index in [-0.39, 0.29) is 6.03 Å². The molecule has 2 aromatic carbocycles. The minimum Gasteiger partial charge on any atom is -0.315 e. The van der Waals surface area contributed by atoms with Gasteiger partial charge in [0.05, 0.1) is 12.1 Å². The number of fused-ring (bicyclic) bond motifs is 3. The average Bonchev–Trinajstić information content (AvgIpc) is 3.07. The SMILES string of the molecule is CCCC1C2Cc3ccccc3N2C(=O)N1Cc1ccccc1. The summed E-state index contributed by atoms with van der Waals surface area (Å²) in [6.45, 7) is 2.91. The number of benzene rings is 2. The van der Waals surface area contributed by atoms with E-state index in [1.807, 2.05) is 29.2 Å². The quantitative estimate of drug-likeness (QED) is 0.829. The van der Waals surface area contributed by atoms with Crippen LogP contribution in [0.3, 0.4) is 0 Å². The van der Waals surface area contributed by atoms with Crippen molar-refractivity contribution in [1.29, 1.82) is 0 Å². The topological polar surface area (TPSA) is 23.6 Å². The Labute approximate surface area is 137 Å². The van der Waals surface area contributed by atoms with E-state index in [0.29, 0.717) is 18.6 Å². The van der Waals surface area contributed by atoms with Gasteiger partial charge in [-0.3, -0.25) is 4.90 Å². The smallest absolute Gasteiger partial charge is 0.315 e. The Morgan fingerprint density at radius 2 is 1.78 bits per heavy atom. The van der Waals surface area contributed by atoms with Crippen LogP contribution in [0.15, 0.2) is 54.6 Å². The molecule has 0 spiro atoms. The van der Waals surface area contributed by atoms with E-state index in [4.69, 9.17) is 0 Å². The van der Waals surface area contributed by atoms with Crippen molar-refractivity contribution in [1.82, 2.24) is 4.90 Å². The predicted molar refractivity (Wildman–Crippen MR) is 92.5 cm³/mol. The third kappa shape index (κ3) is 2.31. The lowest BCUT2D eigenvalue weighted by Crippen LogP contribution is -2.36. The van der Waals surface area contributed by atoms with Crippen LogP contribution in [0.4, 0.5) is 10.5 Å². The van der Waals surface area contributed by atoms with Gasteiger partial charge in [0.15, 0.2) is 0 Å². The number of carbonyl (C=O) groups excluding carboxylic acids is 1. The second kappa shape index (κ2) is 5.73. The monoisotopic (exact) mass is 306 g/mol. The summed E-state index contributed by atoms with van der Waals surface area (Å²) in [6, 6.07) is 19.4. The highest BCUT2D eigenvalue weighted by Gasteiger charge is 2.49. The molecule has 2 atom stereocenters. The lowest BCUT2D eigenvalue weighted by Gasteiger charge is -2.25. The van der Waals surface area contributed by atoms with Crippen LogP contribution < -0.4 is 4.90 Å². The van der Waals surface area contributed by atoms with E-state index in [1.54, 1.807) is 0 Å². The lowest BCUT2D eigenvalue weighted by atomic mass is 9.99. The van der Waals surface area contributed by atoms with Gasteiger partial charge in [0.25, 0.3) is 0 Å². The molecule has 0 bridgehead atoms. The molecule has 0 aromatic heterocycles. The molecule has 2 aliphatic rings. The fourth-order valence-electron chi connectivity index (χ4n) is 4.06. The Morgan fingerprint density at radius 1 is 1.04 bits per heavy atom. The van der Waals surface area contributed by atoms with Gasteiger partial charge in [0.2, 0.25) is 0 Å². The Balaban J connectivity index is 1.67. The van der Waals surface area contributed by atoms with Crippen LogP contribution >= 0.6 is 0 Å². The minimum atomic E-state index is 0.169. The third-order valence-corrected chi connectivity index (χ3v) is 5.09. The number of amides is 2. The number of para-hydroxylation sites is 1. The molecule has 2 aliphatic heterocycles. The maximum absolute atomic E-state index is 13.1. The first-order chi connectivity index (χ1) is 11.3. The van der Waals surface area contributed by atoms with Crippen LogP contribution in [0.1, 0.15) is 30.9 Å². The van der Waals surface area contributed by atoms with Gasteiger partial charge in [-0.25, -0.2) is 4.79 Å². The van der Waals surface area contributed by atoms with Crippen LogP contribution in [0.25, 0.3) is 0 Å².